The lowest BCUT2D eigenvalue weighted by molar-refractivity contribution is -0.141. The van der Waals surface area contributed by atoms with Crippen LogP contribution in [0.4, 0.5) is 0 Å². The number of ether oxygens (including phenoxy) is 1. The Morgan fingerprint density at radius 2 is 1.82 bits per heavy atom. The molecule has 0 atom stereocenters. The highest BCUT2D eigenvalue weighted by atomic mass is 32.2. The zero-order chi connectivity index (χ0) is 13.7. The Balaban J connectivity index is 4.39. The van der Waals surface area contributed by atoms with Crippen LogP contribution in [0.2, 0.25) is 0 Å². The highest BCUT2D eigenvalue weighted by molar-refractivity contribution is 7.92. The fraction of sp³-hybridized carbons (Fsp3) is 0.909. The number of carbonyl (C=O) groups excluding carboxylic acids is 1. The molecule has 0 spiro atoms. The van der Waals surface area contributed by atoms with Gasteiger partial charge in [-0.2, -0.15) is 0 Å². The van der Waals surface area contributed by atoms with E-state index in [1.54, 1.807) is 25.7 Å². The minimum absolute atomic E-state index is 0.0569. The summed E-state index contributed by atoms with van der Waals surface area (Å²) in [5, 5.41) is 0. The first-order valence-corrected chi connectivity index (χ1v) is 7.30. The molecule has 0 N–H and O–H groups in total. The lowest BCUT2D eigenvalue weighted by Crippen LogP contribution is -2.38. The molecule has 0 aliphatic rings. The van der Waals surface area contributed by atoms with Gasteiger partial charge in [-0.15, -0.1) is 0 Å². The maximum absolute atomic E-state index is 11.9. The van der Waals surface area contributed by atoms with E-state index in [9.17, 15) is 13.2 Å². The standard InChI is InChI=1S/C11H23NO4S/c1-6-12(9-10(13)16-5)7-8-17(14,15)11(2,3)4/h6-9H2,1-5H3. The average molecular weight is 265 g/mol. The second-order valence-corrected chi connectivity index (χ2v) is 7.74. The van der Waals surface area contributed by atoms with E-state index in [0.29, 0.717) is 13.1 Å². The van der Waals surface area contributed by atoms with Crippen LogP contribution in [0.25, 0.3) is 0 Å². The molecule has 6 heteroatoms. The van der Waals surface area contributed by atoms with Gasteiger partial charge in [-0.25, -0.2) is 8.42 Å². The highest BCUT2D eigenvalue weighted by Crippen LogP contribution is 2.15. The van der Waals surface area contributed by atoms with Crippen LogP contribution in [0.1, 0.15) is 27.7 Å². The summed E-state index contributed by atoms with van der Waals surface area (Å²) < 4.78 is 27.6. The smallest absolute Gasteiger partial charge is 0.319 e. The molecule has 0 saturated heterocycles. The SMILES string of the molecule is CCN(CCS(=O)(=O)C(C)(C)C)CC(=O)OC. The van der Waals surface area contributed by atoms with Crippen molar-refractivity contribution >= 4 is 15.8 Å². The van der Waals surface area contributed by atoms with Crippen LogP contribution in [0.5, 0.6) is 0 Å². The number of rotatable bonds is 6. The van der Waals surface area contributed by atoms with Gasteiger partial charge in [-0.1, -0.05) is 6.92 Å². The van der Waals surface area contributed by atoms with Crippen molar-refractivity contribution < 1.29 is 17.9 Å². The lowest BCUT2D eigenvalue weighted by atomic mass is 10.3. The van der Waals surface area contributed by atoms with Crippen molar-refractivity contribution in [2.24, 2.45) is 0 Å². The summed E-state index contributed by atoms with van der Waals surface area (Å²) in [5.74, 6) is -0.290. The molecule has 0 saturated carbocycles. The molecule has 0 unspecified atom stereocenters. The van der Waals surface area contributed by atoms with Crippen LogP contribution in [-0.4, -0.2) is 56.5 Å². The number of likely N-dealkylation sites (N-methyl/N-ethyl adjacent to an activating group) is 1. The summed E-state index contributed by atoms with van der Waals surface area (Å²) in [6.45, 7) is 8.02. The van der Waals surface area contributed by atoms with Crippen LogP contribution >= 0.6 is 0 Å². The van der Waals surface area contributed by atoms with Crippen LogP contribution in [0.3, 0.4) is 0 Å². The number of hydrogen-bond acceptors (Lipinski definition) is 5. The summed E-state index contributed by atoms with van der Waals surface area (Å²) in [7, 11) is -1.82. The summed E-state index contributed by atoms with van der Waals surface area (Å²) in [4.78, 5) is 12.8. The average Bonchev–Trinajstić information content (AvgIpc) is 2.22. The first-order valence-electron chi connectivity index (χ1n) is 5.65. The minimum atomic E-state index is -3.14. The van der Waals surface area contributed by atoms with Gasteiger partial charge in [-0.3, -0.25) is 9.69 Å². The van der Waals surface area contributed by atoms with Crippen molar-refractivity contribution in [1.82, 2.24) is 4.90 Å². The Hall–Kier alpha value is -0.620. The van der Waals surface area contributed by atoms with Crippen molar-refractivity contribution in [3.05, 3.63) is 0 Å². The van der Waals surface area contributed by atoms with Gasteiger partial charge in [0.15, 0.2) is 9.84 Å². The maximum atomic E-state index is 11.9. The number of carbonyl (C=O) groups is 1. The summed E-state index contributed by atoms with van der Waals surface area (Å²) in [6, 6.07) is 0. The second kappa shape index (κ2) is 6.35. The largest absolute Gasteiger partial charge is 0.468 e. The van der Waals surface area contributed by atoms with Gasteiger partial charge in [0.25, 0.3) is 0 Å². The van der Waals surface area contributed by atoms with E-state index in [1.807, 2.05) is 6.92 Å². The molecule has 17 heavy (non-hydrogen) atoms. The Kier molecular flexibility index (Phi) is 6.12. The van der Waals surface area contributed by atoms with Crippen molar-refractivity contribution in [3.8, 4) is 0 Å². The molecule has 0 bridgehead atoms. The quantitative estimate of drug-likeness (QED) is 0.661. The van der Waals surface area contributed by atoms with Gasteiger partial charge in [0.2, 0.25) is 0 Å². The predicted octanol–water partition coefficient (Wildman–Crippen LogP) is 0.695. The predicted molar refractivity (Wildman–Crippen MR) is 67.7 cm³/mol. The Morgan fingerprint density at radius 1 is 1.29 bits per heavy atom. The normalized spacial score (nSPS) is 12.8. The topological polar surface area (TPSA) is 63.7 Å². The molecule has 0 aromatic heterocycles. The fourth-order valence-electron chi connectivity index (χ4n) is 1.15. The fourth-order valence-corrected chi connectivity index (χ4v) is 2.26. The zero-order valence-corrected chi connectivity index (χ0v) is 12.1. The van der Waals surface area contributed by atoms with Gasteiger partial charge in [0.05, 0.1) is 24.2 Å². The van der Waals surface area contributed by atoms with Crippen molar-refractivity contribution in [1.29, 1.82) is 0 Å². The summed E-state index contributed by atoms with van der Waals surface area (Å²) in [6.07, 6.45) is 0. The third kappa shape index (κ3) is 5.50. The molecule has 0 aliphatic carbocycles. The molecule has 0 aliphatic heterocycles. The van der Waals surface area contributed by atoms with E-state index in [4.69, 9.17) is 0 Å². The maximum Gasteiger partial charge on any atom is 0.319 e. The minimum Gasteiger partial charge on any atom is -0.468 e. The zero-order valence-electron chi connectivity index (χ0n) is 11.3. The summed E-state index contributed by atoms with van der Waals surface area (Å²) >= 11 is 0. The number of nitrogens with zero attached hydrogens (tertiary/aromatic N) is 1. The molecule has 0 radical (unpaired) electrons. The molecule has 0 amide bonds. The third-order valence-electron chi connectivity index (χ3n) is 2.64. The van der Waals surface area contributed by atoms with E-state index in [1.165, 1.54) is 7.11 Å². The number of methoxy groups -OCH3 is 1. The first-order chi connectivity index (χ1) is 7.64. The van der Waals surface area contributed by atoms with Crippen molar-refractivity contribution in [2.45, 2.75) is 32.4 Å². The molecule has 0 rings (SSSR count). The molecular weight excluding hydrogens is 242 g/mol. The van der Waals surface area contributed by atoms with Crippen LogP contribution < -0.4 is 0 Å². The molecular formula is C11H23NO4S. The Morgan fingerprint density at radius 3 is 2.18 bits per heavy atom. The van der Waals surface area contributed by atoms with Gasteiger partial charge in [-0.05, 0) is 27.3 Å². The monoisotopic (exact) mass is 265 g/mol. The van der Waals surface area contributed by atoms with Gasteiger partial charge < -0.3 is 4.74 Å². The van der Waals surface area contributed by atoms with E-state index in [2.05, 4.69) is 4.74 Å². The Bertz CT molecular complexity index is 343. The Labute approximate surface area is 104 Å². The van der Waals surface area contributed by atoms with E-state index in [-0.39, 0.29) is 18.3 Å². The van der Waals surface area contributed by atoms with Gasteiger partial charge in [0, 0.05) is 6.54 Å². The van der Waals surface area contributed by atoms with E-state index >= 15 is 0 Å². The number of sulfone groups is 1. The second-order valence-electron chi connectivity index (χ2n) is 4.88. The molecule has 0 fully saturated rings. The summed E-state index contributed by atoms with van der Waals surface area (Å²) in [5.41, 5.74) is 0. The number of hydrogen-bond donors (Lipinski definition) is 0. The van der Waals surface area contributed by atoms with Gasteiger partial charge in [0.1, 0.15) is 0 Å². The molecule has 0 aromatic carbocycles. The van der Waals surface area contributed by atoms with Crippen LogP contribution in [-0.2, 0) is 19.4 Å². The molecule has 0 heterocycles. The van der Waals surface area contributed by atoms with Crippen molar-refractivity contribution in [2.75, 3.05) is 32.5 Å². The molecule has 102 valence electrons. The highest BCUT2D eigenvalue weighted by Gasteiger charge is 2.29. The molecule has 0 aromatic rings. The molecule has 5 nitrogen and oxygen atoms in total. The van der Waals surface area contributed by atoms with E-state index < -0.39 is 14.6 Å². The lowest BCUT2D eigenvalue weighted by Gasteiger charge is -2.23. The number of esters is 1. The van der Waals surface area contributed by atoms with Crippen molar-refractivity contribution in [3.63, 3.8) is 0 Å². The van der Waals surface area contributed by atoms with Crippen LogP contribution in [0, 0.1) is 0 Å². The third-order valence-corrected chi connectivity index (χ3v) is 5.22. The van der Waals surface area contributed by atoms with E-state index in [0.717, 1.165) is 0 Å². The van der Waals surface area contributed by atoms with Crippen LogP contribution in [0.15, 0.2) is 0 Å². The van der Waals surface area contributed by atoms with Gasteiger partial charge >= 0.3 is 5.97 Å². The first kappa shape index (κ1) is 16.4.